The minimum atomic E-state index is -4.22. The van der Waals surface area contributed by atoms with Gasteiger partial charge in [-0.15, -0.1) is 0 Å². The summed E-state index contributed by atoms with van der Waals surface area (Å²) < 4.78 is 28.4. The number of hydrogen-bond donors (Lipinski definition) is 2. The molecule has 0 heterocycles. The lowest BCUT2D eigenvalue weighted by atomic mass is 10.1. The summed E-state index contributed by atoms with van der Waals surface area (Å²) in [6.45, 7) is 4.12. The van der Waals surface area contributed by atoms with Crippen molar-refractivity contribution in [1.29, 1.82) is 0 Å². The molecule has 1 atom stereocenters. The van der Waals surface area contributed by atoms with Crippen molar-refractivity contribution in [2.75, 3.05) is 6.54 Å². The number of imide groups is 1. The van der Waals surface area contributed by atoms with Gasteiger partial charge in [0.15, 0.2) is 0 Å². The lowest BCUT2D eigenvalue weighted by molar-refractivity contribution is -0.149. The quantitative estimate of drug-likeness (QED) is 0.385. The summed E-state index contributed by atoms with van der Waals surface area (Å²) in [5.41, 5.74) is 0. The van der Waals surface area contributed by atoms with E-state index >= 15 is 0 Å². The molecule has 186 valence electrons. The number of nitrogens with zero attached hydrogens (tertiary/aromatic N) is 1. The van der Waals surface area contributed by atoms with Crippen LogP contribution in [-0.2, 0) is 24.4 Å². The van der Waals surface area contributed by atoms with Gasteiger partial charge in [0.1, 0.15) is 6.04 Å². The maximum Gasteiger partial charge on any atom is 0.305 e. The summed E-state index contributed by atoms with van der Waals surface area (Å²) in [6, 6.07) is 10.1. The van der Waals surface area contributed by atoms with Gasteiger partial charge in [-0.2, -0.15) is 4.72 Å². The van der Waals surface area contributed by atoms with Gasteiger partial charge in [-0.3, -0.25) is 19.3 Å². The number of sulfonamides is 1. The summed E-state index contributed by atoms with van der Waals surface area (Å²) in [5.74, 6) is -2.58. The molecule has 0 aliphatic rings. The lowest BCUT2D eigenvalue weighted by Crippen LogP contribution is -2.51. The summed E-state index contributed by atoms with van der Waals surface area (Å²) in [7, 11) is -4.22. The molecule has 2 amide bonds. The fraction of sp³-hybridized carbons (Fsp3) is 0.480. The molecule has 2 N–H and O–H groups in total. The van der Waals surface area contributed by atoms with Gasteiger partial charge in [0, 0.05) is 13.0 Å². The van der Waals surface area contributed by atoms with E-state index in [-0.39, 0.29) is 17.9 Å². The molecule has 0 saturated carbocycles. The number of amides is 2. The molecule has 2 rings (SSSR count). The third-order valence-electron chi connectivity index (χ3n) is 5.55. The molecule has 0 radical (unpaired) electrons. The number of unbranched alkanes of at least 4 members (excludes halogenated alkanes) is 4. The molecule has 0 aliphatic heterocycles. The molecular weight excluding hydrogens is 456 g/mol. The van der Waals surface area contributed by atoms with Gasteiger partial charge in [0.2, 0.25) is 21.8 Å². The number of carboxylic acid groups (broad SMARTS) is 1. The van der Waals surface area contributed by atoms with E-state index in [0.29, 0.717) is 18.2 Å². The number of nitrogens with one attached hydrogen (secondary N) is 1. The maximum atomic E-state index is 13.3. The second-order valence-electron chi connectivity index (χ2n) is 8.33. The second-order valence-corrected chi connectivity index (χ2v) is 10.0. The van der Waals surface area contributed by atoms with Crippen molar-refractivity contribution in [3.8, 4) is 0 Å². The highest BCUT2D eigenvalue weighted by Gasteiger charge is 2.33. The first-order valence-corrected chi connectivity index (χ1v) is 13.2. The van der Waals surface area contributed by atoms with Crippen LogP contribution in [0.5, 0.6) is 0 Å². The van der Waals surface area contributed by atoms with Crippen molar-refractivity contribution in [3.05, 3.63) is 42.5 Å². The highest BCUT2D eigenvalue weighted by atomic mass is 32.2. The Labute approximate surface area is 201 Å². The molecule has 2 aromatic carbocycles. The highest BCUT2D eigenvalue weighted by molar-refractivity contribution is 7.89. The van der Waals surface area contributed by atoms with E-state index in [9.17, 15) is 27.9 Å². The Morgan fingerprint density at radius 1 is 0.941 bits per heavy atom. The van der Waals surface area contributed by atoms with Gasteiger partial charge in [0.25, 0.3) is 0 Å². The Kier molecular flexibility index (Phi) is 10.7. The first-order valence-electron chi connectivity index (χ1n) is 11.8. The molecule has 0 fully saturated rings. The number of carbonyl (C=O) groups excluding carboxylic acids is 2. The zero-order valence-electron chi connectivity index (χ0n) is 19.8. The fourth-order valence-corrected chi connectivity index (χ4v) is 4.90. The number of hydrogen-bond acceptors (Lipinski definition) is 5. The van der Waals surface area contributed by atoms with E-state index in [1.807, 2.05) is 26.0 Å². The van der Waals surface area contributed by atoms with E-state index in [1.54, 1.807) is 18.2 Å². The maximum absolute atomic E-state index is 13.3. The minimum Gasteiger partial charge on any atom is -0.481 e. The standard InChI is InChI=1S/C25H34N2O6S/c1-3-5-7-13-23(28)27(16-10-6-4-2)25(31)22(18-24(29)30)26-34(32,33)21-15-14-19-11-8-9-12-20(19)17-21/h8-9,11-12,14-15,17,22,26H,3-7,10,13,16,18H2,1-2H3,(H,29,30)/t22-/m0/s1. The van der Waals surface area contributed by atoms with Crippen LogP contribution in [0.15, 0.2) is 47.4 Å². The minimum absolute atomic E-state index is 0.0822. The van der Waals surface area contributed by atoms with Crippen LogP contribution >= 0.6 is 0 Å². The van der Waals surface area contributed by atoms with E-state index in [0.717, 1.165) is 36.0 Å². The first-order chi connectivity index (χ1) is 16.2. The fourth-order valence-electron chi connectivity index (χ4n) is 3.67. The average molecular weight is 491 g/mol. The number of carbonyl (C=O) groups is 3. The molecule has 8 nitrogen and oxygen atoms in total. The monoisotopic (exact) mass is 490 g/mol. The molecule has 2 aromatic rings. The Bertz CT molecular complexity index is 1100. The van der Waals surface area contributed by atoms with Crippen LogP contribution in [0.1, 0.15) is 65.2 Å². The molecule has 0 bridgehead atoms. The van der Waals surface area contributed by atoms with Gasteiger partial charge in [-0.25, -0.2) is 8.42 Å². The van der Waals surface area contributed by atoms with Gasteiger partial charge in [0.05, 0.1) is 11.3 Å². The number of fused-ring (bicyclic) bond motifs is 1. The topological polar surface area (TPSA) is 121 Å². The predicted octanol–water partition coefficient (Wildman–Crippen LogP) is 4.09. The molecule has 0 unspecified atom stereocenters. The van der Waals surface area contributed by atoms with Crippen LogP contribution in [0.3, 0.4) is 0 Å². The van der Waals surface area contributed by atoms with E-state index < -0.39 is 40.3 Å². The zero-order valence-corrected chi connectivity index (χ0v) is 20.6. The largest absolute Gasteiger partial charge is 0.481 e. The van der Waals surface area contributed by atoms with Crippen molar-refractivity contribution < 1.29 is 27.9 Å². The number of benzene rings is 2. The van der Waals surface area contributed by atoms with Crippen LogP contribution in [0.4, 0.5) is 0 Å². The lowest BCUT2D eigenvalue weighted by Gasteiger charge is -2.26. The molecule has 0 aromatic heterocycles. The predicted molar refractivity (Wildman–Crippen MR) is 131 cm³/mol. The van der Waals surface area contributed by atoms with Crippen LogP contribution in [0, 0.1) is 0 Å². The highest BCUT2D eigenvalue weighted by Crippen LogP contribution is 2.20. The number of carboxylic acids is 1. The molecule has 0 spiro atoms. The smallest absolute Gasteiger partial charge is 0.305 e. The van der Waals surface area contributed by atoms with Crippen molar-refractivity contribution in [2.45, 2.75) is 76.2 Å². The Morgan fingerprint density at radius 2 is 1.59 bits per heavy atom. The molecule has 0 aliphatic carbocycles. The van der Waals surface area contributed by atoms with Crippen LogP contribution in [0.2, 0.25) is 0 Å². The first kappa shape index (κ1) is 27.5. The van der Waals surface area contributed by atoms with E-state index in [1.165, 1.54) is 12.1 Å². The van der Waals surface area contributed by atoms with Gasteiger partial charge < -0.3 is 5.11 Å². The Morgan fingerprint density at radius 3 is 2.24 bits per heavy atom. The van der Waals surface area contributed by atoms with Gasteiger partial charge in [-0.1, -0.05) is 69.9 Å². The number of rotatable bonds is 14. The summed E-state index contributed by atoms with van der Waals surface area (Å²) in [4.78, 5) is 38.5. The van der Waals surface area contributed by atoms with Gasteiger partial charge >= 0.3 is 5.97 Å². The SMILES string of the molecule is CCCCCC(=O)N(CCCCC)C(=O)[C@H](CC(=O)O)NS(=O)(=O)c1ccc2ccccc2c1. The Balaban J connectivity index is 2.31. The summed E-state index contributed by atoms with van der Waals surface area (Å²) in [6.07, 6.45) is 3.97. The average Bonchev–Trinajstić information content (AvgIpc) is 2.80. The third kappa shape index (κ3) is 7.92. The Hall–Kier alpha value is -2.78. The van der Waals surface area contributed by atoms with E-state index in [4.69, 9.17) is 0 Å². The summed E-state index contributed by atoms with van der Waals surface area (Å²) in [5, 5.41) is 10.9. The van der Waals surface area contributed by atoms with Gasteiger partial charge in [-0.05, 0) is 35.7 Å². The van der Waals surface area contributed by atoms with E-state index in [2.05, 4.69) is 4.72 Å². The van der Waals surface area contributed by atoms with Crippen LogP contribution in [-0.4, -0.2) is 48.8 Å². The normalized spacial score (nSPS) is 12.4. The molecule has 0 saturated heterocycles. The molecule has 34 heavy (non-hydrogen) atoms. The van der Waals surface area contributed by atoms with Crippen molar-refractivity contribution >= 4 is 38.6 Å². The number of aliphatic carboxylic acids is 1. The zero-order chi connectivity index (χ0) is 25.1. The third-order valence-corrected chi connectivity index (χ3v) is 7.02. The van der Waals surface area contributed by atoms with Crippen LogP contribution < -0.4 is 4.72 Å². The van der Waals surface area contributed by atoms with Crippen molar-refractivity contribution in [3.63, 3.8) is 0 Å². The molecule has 9 heteroatoms. The second kappa shape index (κ2) is 13.2. The summed E-state index contributed by atoms with van der Waals surface area (Å²) >= 11 is 0. The molecular formula is C25H34N2O6S. The van der Waals surface area contributed by atoms with Crippen molar-refractivity contribution in [2.24, 2.45) is 0 Å². The van der Waals surface area contributed by atoms with Crippen LogP contribution in [0.25, 0.3) is 10.8 Å². The van der Waals surface area contributed by atoms with Crippen molar-refractivity contribution in [1.82, 2.24) is 9.62 Å².